The molecule has 0 aromatic rings. The van der Waals surface area contributed by atoms with Crippen LogP contribution in [0.2, 0.25) is 0 Å². The number of hydrogen-bond donors (Lipinski definition) is 3. The van der Waals surface area contributed by atoms with Crippen LogP contribution in [0.1, 0.15) is 84.5 Å². The van der Waals surface area contributed by atoms with Gasteiger partial charge in [-0.2, -0.15) is 0 Å². The van der Waals surface area contributed by atoms with Crippen molar-refractivity contribution < 1.29 is 24.9 Å². The van der Waals surface area contributed by atoms with Crippen molar-refractivity contribution in [1.82, 2.24) is 0 Å². The average Bonchev–Trinajstić information content (AvgIpc) is 2.69. The summed E-state index contributed by atoms with van der Waals surface area (Å²) in [5.41, 5.74) is -0.834. The Morgan fingerprint density at radius 2 is 1.57 bits per heavy atom. The summed E-state index contributed by atoms with van der Waals surface area (Å²) in [7, 11) is 0. The molecule has 3 N–H and O–H groups in total. The van der Waals surface area contributed by atoms with Gasteiger partial charge in [-0.15, -0.1) is 0 Å². The maximum Gasteiger partial charge on any atom is 0.308 e. The molecule has 0 bridgehead atoms. The summed E-state index contributed by atoms with van der Waals surface area (Å²) >= 11 is 0. The molecule has 0 aliphatic rings. The van der Waals surface area contributed by atoms with E-state index in [2.05, 4.69) is 31.2 Å². The minimum absolute atomic E-state index is 0.0442. The summed E-state index contributed by atoms with van der Waals surface area (Å²) in [5.74, 6) is -0.494. The van der Waals surface area contributed by atoms with E-state index in [4.69, 9.17) is 14.9 Å². The smallest absolute Gasteiger partial charge is 0.308 e. The zero-order valence-corrected chi connectivity index (χ0v) is 17.9. The zero-order chi connectivity index (χ0) is 21.1. The molecule has 0 radical (unpaired) electrons. The van der Waals surface area contributed by atoms with E-state index in [9.17, 15) is 9.90 Å². The molecule has 0 saturated heterocycles. The van der Waals surface area contributed by atoms with Gasteiger partial charge in [0.25, 0.3) is 0 Å². The first kappa shape index (κ1) is 26.8. The van der Waals surface area contributed by atoms with Crippen molar-refractivity contribution in [2.24, 2.45) is 5.41 Å². The number of hydrogen-bond acceptors (Lipinski definition) is 5. The molecule has 0 saturated carbocycles. The number of esters is 1. The Labute approximate surface area is 171 Å². The fourth-order valence-corrected chi connectivity index (χ4v) is 2.59. The van der Waals surface area contributed by atoms with Crippen molar-refractivity contribution in [3.63, 3.8) is 0 Å². The number of carbonyl (C=O) groups is 1. The minimum atomic E-state index is -0.834. The van der Waals surface area contributed by atoms with E-state index in [0.29, 0.717) is 6.42 Å². The first-order chi connectivity index (χ1) is 13.5. The molecule has 0 amide bonds. The average molecular weight is 399 g/mol. The van der Waals surface area contributed by atoms with E-state index >= 15 is 0 Å². The number of rotatable bonds is 18. The van der Waals surface area contributed by atoms with Gasteiger partial charge in [0, 0.05) is 5.41 Å². The van der Waals surface area contributed by atoms with Gasteiger partial charge in [-0.1, -0.05) is 63.8 Å². The number of ether oxygens (including phenoxy) is 1. The molecule has 0 aromatic carbocycles. The van der Waals surface area contributed by atoms with Gasteiger partial charge in [0.1, 0.15) is 6.61 Å². The highest BCUT2D eigenvalue weighted by atomic mass is 16.5. The highest BCUT2D eigenvalue weighted by molar-refractivity contribution is 5.69. The number of aliphatic hydroxyl groups is 3. The third kappa shape index (κ3) is 15.8. The lowest BCUT2D eigenvalue weighted by molar-refractivity contribution is -0.151. The van der Waals surface area contributed by atoms with Crippen LogP contribution in [0.4, 0.5) is 0 Å². The quantitative estimate of drug-likeness (QED) is 0.182. The van der Waals surface area contributed by atoms with Crippen LogP contribution in [0.15, 0.2) is 24.3 Å². The molecule has 5 heteroatoms. The van der Waals surface area contributed by atoms with Gasteiger partial charge in [-0.25, -0.2) is 0 Å². The van der Waals surface area contributed by atoms with Gasteiger partial charge in [-0.3, -0.25) is 4.79 Å². The summed E-state index contributed by atoms with van der Waals surface area (Å²) in [6.45, 7) is 3.28. The van der Waals surface area contributed by atoms with Gasteiger partial charge >= 0.3 is 5.97 Å². The molecule has 164 valence electrons. The van der Waals surface area contributed by atoms with Gasteiger partial charge in [0.2, 0.25) is 0 Å². The topological polar surface area (TPSA) is 87.0 Å². The predicted molar refractivity (Wildman–Crippen MR) is 114 cm³/mol. The van der Waals surface area contributed by atoms with Gasteiger partial charge in [0.15, 0.2) is 0 Å². The van der Waals surface area contributed by atoms with Gasteiger partial charge in [-0.05, 0) is 38.5 Å². The van der Waals surface area contributed by atoms with Crippen LogP contribution in [0.3, 0.4) is 0 Å². The predicted octanol–water partition coefficient (Wildman–Crippen LogP) is 4.30. The molecule has 0 aliphatic carbocycles. The maximum absolute atomic E-state index is 11.7. The Kier molecular flexibility index (Phi) is 17.1. The van der Waals surface area contributed by atoms with Gasteiger partial charge < -0.3 is 20.1 Å². The number of unbranched alkanes of at least 4 members (excludes halogenated alkanes) is 6. The van der Waals surface area contributed by atoms with Crippen LogP contribution in [0.5, 0.6) is 0 Å². The van der Waals surface area contributed by atoms with Crippen LogP contribution < -0.4 is 0 Å². The molecule has 5 nitrogen and oxygen atoms in total. The number of aliphatic hydroxyl groups excluding tert-OH is 3. The Hall–Kier alpha value is -1.17. The zero-order valence-electron chi connectivity index (χ0n) is 17.9. The first-order valence-corrected chi connectivity index (χ1v) is 10.8. The van der Waals surface area contributed by atoms with Gasteiger partial charge in [0.05, 0.1) is 25.7 Å². The van der Waals surface area contributed by atoms with Crippen LogP contribution in [-0.2, 0) is 9.53 Å². The van der Waals surface area contributed by atoms with E-state index in [1.807, 2.05) is 0 Å². The normalized spacial score (nSPS) is 13.5. The second-order valence-electron chi connectivity index (χ2n) is 7.96. The molecule has 1 unspecified atom stereocenters. The Morgan fingerprint density at radius 3 is 2.14 bits per heavy atom. The molecular formula is C23H42O5. The molecule has 0 fully saturated rings. The first-order valence-electron chi connectivity index (χ1n) is 10.8. The molecule has 0 rings (SSSR count). The van der Waals surface area contributed by atoms with Crippen molar-refractivity contribution in [2.75, 3.05) is 19.8 Å². The lowest BCUT2D eigenvalue weighted by atomic mass is 9.94. The largest absolute Gasteiger partial charge is 0.465 e. The summed E-state index contributed by atoms with van der Waals surface area (Å²) in [4.78, 5) is 11.7. The number of carbonyl (C=O) groups excluding carboxylic acids is 1. The third-order valence-corrected chi connectivity index (χ3v) is 4.74. The van der Waals surface area contributed by atoms with E-state index < -0.39 is 17.5 Å². The monoisotopic (exact) mass is 398 g/mol. The van der Waals surface area contributed by atoms with Crippen LogP contribution in [0, 0.1) is 5.41 Å². The Morgan fingerprint density at radius 1 is 0.964 bits per heavy atom. The van der Waals surface area contributed by atoms with Crippen molar-refractivity contribution in [3.8, 4) is 0 Å². The fourth-order valence-electron chi connectivity index (χ4n) is 2.59. The molecule has 1 atom stereocenters. The Bertz CT molecular complexity index is 427. The summed E-state index contributed by atoms with van der Waals surface area (Å²) < 4.78 is 5.04. The van der Waals surface area contributed by atoms with Crippen LogP contribution in [0.25, 0.3) is 0 Å². The minimum Gasteiger partial charge on any atom is -0.465 e. The second kappa shape index (κ2) is 17.9. The molecular weight excluding hydrogens is 356 g/mol. The molecule has 28 heavy (non-hydrogen) atoms. The van der Waals surface area contributed by atoms with E-state index in [-0.39, 0.29) is 26.2 Å². The van der Waals surface area contributed by atoms with E-state index in [1.165, 1.54) is 25.7 Å². The van der Waals surface area contributed by atoms with Crippen molar-refractivity contribution in [2.45, 2.75) is 90.6 Å². The second-order valence-corrected chi connectivity index (χ2v) is 7.96. The molecule has 0 heterocycles. The number of allylic oxidation sites excluding steroid dienone is 4. The SMILES string of the molecule is CCCCC/C=C/C/C=C/CCCCCC(O)CC(=O)OCC(C)(CO)CO. The van der Waals surface area contributed by atoms with E-state index in [0.717, 1.165) is 32.1 Å². The summed E-state index contributed by atoms with van der Waals surface area (Å²) in [6, 6.07) is 0. The molecule has 0 spiro atoms. The van der Waals surface area contributed by atoms with Crippen LogP contribution in [-0.4, -0.2) is 47.2 Å². The third-order valence-electron chi connectivity index (χ3n) is 4.74. The highest BCUT2D eigenvalue weighted by Gasteiger charge is 2.25. The lowest BCUT2D eigenvalue weighted by Gasteiger charge is -2.24. The van der Waals surface area contributed by atoms with Crippen molar-refractivity contribution in [1.29, 1.82) is 0 Å². The van der Waals surface area contributed by atoms with E-state index in [1.54, 1.807) is 6.92 Å². The maximum atomic E-state index is 11.7. The summed E-state index contributed by atoms with van der Waals surface area (Å²) in [5, 5.41) is 28.2. The standard InChI is InChI=1S/C23H42O5/c1-3-4-5-6-7-8-9-10-11-12-13-14-15-16-21(26)17-22(27)28-20-23(2,18-24)19-25/h7-8,10-11,21,24-26H,3-6,9,12-20H2,1-2H3/b8-7+,11-10+. The molecule has 0 aliphatic heterocycles. The van der Waals surface area contributed by atoms with Crippen molar-refractivity contribution in [3.05, 3.63) is 24.3 Å². The fraction of sp³-hybridized carbons (Fsp3) is 0.783. The highest BCUT2D eigenvalue weighted by Crippen LogP contribution is 2.15. The molecule has 0 aromatic heterocycles. The summed E-state index contributed by atoms with van der Waals surface area (Å²) in [6.07, 6.45) is 18.8. The lowest BCUT2D eigenvalue weighted by Crippen LogP contribution is -2.33. The van der Waals surface area contributed by atoms with Crippen molar-refractivity contribution >= 4 is 5.97 Å². The van der Waals surface area contributed by atoms with Crippen LogP contribution >= 0.6 is 0 Å². The Balaban J connectivity index is 3.62.